The van der Waals surface area contributed by atoms with E-state index in [-0.39, 0.29) is 30.6 Å². The van der Waals surface area contributed by atoms with Gasteiger partial charge in [0, 0.05) is 61.0 Å². The number of rotatable bonds is 10. The first-order valence-electron chi connectivity index (χ1n) is 13.9. The van der Waals surface area contributed by atoms with Gasteiger partial charge >= 0.3 is 0 Å². The van der Waals surface area contributed by atoms with Gasteiger partial charge in [-0.15, -0.1) is 0 Å². The van der Waals surface area contributed by atoms with E-state index in [2.05, 4.69) is 34.2 Å². The maximum atomic E-state index is 12.7. The molecule has 212 valence electrons. The lowest BCUT2D eigenvalue weighted by Gasteiger charge is -2.42. The minimum absolute atomic E-state index is 0.00561. The zero-order valence-corrected chi connectivity index (χ0v) is 23.4. The van der Waals surface area contributed by atoms with Crippen molar-refractivity contribution in [2.45, 2.75) is 38.4 Å². The molecule has 0 aliphatic carbocycles. The van der Waals surface area contributed by atoms with Crippen LogP contribution in [-0.2, 0) is 22.5 Å². The molecule has 1 aliphatic rings. The second-order valence-corrected chi connectivity index (χ2v) is 10.5. The third-order valence-corrected chi connectivity index (χ3v) is 7.43. The number of benzene rings is 2. The van der Waals surface area contributed by atoms with Crippen LogP contribution in [0.25, 0.3) is 0 Å². The Morgan fingerprint density at radius 3 is 2.56 bits per heavy atom. The first-order chi connectivity index (χ1) is 20.0. The predicted molar refractivity (Wildman–Crippen MR) is 157 cm³/mol. The fraction of sp³-hybridized carbons (Fsp3) is 0.303. The van der Waals surface area contributed by atoms with Crippen LogP contribution in [0.3, 0.4) is 0 Å². The van der Waals surface area contributed by atoms with Crippen LogP contribution in [0.5, 0.6) is 0 Å². The fourth-order valence-corrected chi connectivity index (χ4v) is 5.04. The number of aliphatic hydroxyl groups is 1. The summed E-state index contributed by atoms with van der Waals surface area (Å²) in [7, 11) is 2.10. The third kappa shape index (κ3) is 7.42. The molecule has 0 unspecified atom stereocenters. The summed E-state index contributed by atoms with van der Waals surface area (Å²) in [6.45, 7) is 3.72. The minimum atomic E-state index is -0.627. The molecule has 1 fully saturated rings. The number of amides is 1. The minimum Gasteiger partial charge on any atom is -0.392 e. The van der Waals surface area contributed by atoms with E-state index in [1.54, 1.807) is 18.3 Å². The van der Waals surface area contributed by atoms with Crippen molar-refractivity contribution in [1.82, 2.24) is 14.9 Å². The van der Waals surface area contributed by atoms with Crippen LogP contribution in [0.2, 0.25) is 0 Å². The lowest BCUT2D eigenvalue weighted by molar-refractivity contribution is -0.275. The Kier molecular flexibility index (Phi) is 9.48. The lowest BCUT2D eigenvalue weighted by atomic mass is 9.90. The smallest absolute Gasteiger partial charge is 0.257 e. The van der Waals surface area contributed by atoms with Gasteiger partial charge in [0.15, 0.2) is 6.29 Å². The molecule has 0 spiro atoms. The second-order valence-electron chi connectivity index (χ2n) is 10.5. The average molecular weight is 553 g/mol. The number of pyridine rings is 2. The SMILES string of the molecule is C[C@H]1[C@@H](CN(C)CCc2ccccn2)O[C@@H](c2cccc(NC(=O)c3cccnc3)c2)O[C@H]1c1ccc(CO)cc1. The normalized spacial score (nSPS) is 20.6. The zero-order chi connectivity index (χ0) is 28.6. The van der Waals surface area contributed by atoms with Gasteiger partial charge in [-0.1, -0.05) is 49.4 Å². The van der Waals surface area contributed by atoms with Crippen molar-refractivity contribution in [2.75, 3.05) is 25.5 Å². The van der Waals surface area contributed by atoms with Gasteiger partial charge in [0.2, 0.25) is 0 Å². The van der Waals surface area contributed by atoms with E-state index in [4.69, 9.17) is 9.47 Å². The Morgan fingerprint density at radius 2 is 1.83 bits per heavy atom. The number of carbonyl (C=O) groups is 1. The molecule has 4 aromatic rings. The predicted octanol–water partition coefficient (Wildman–Crippen LogP) is 5.19. The maximum absolute atomic E-state index is 12.7. The molecule has 8 nitrogen and oxygen atoms in total. The number of anilines is 1. The molecule has 0 saturated carbocycles. The van der Waals surface area contributed by atoms with Crippen molar-refractivity contribution in [1.29, 1.82) is 0 Å². The maximum Gasteiger partial charge on any atom is 0.257 e. The van der Waals surface area contributed by atoms with Gasteiger partial charge in [0.1, 0.15) is 0 Å². The van der Waals surface area contributed by atoms with E-state index < -0.39 is 6.29 Å². The Hall–Kier alpha value is -3.95. The highest BCUT2D eigenvalue weighted by Gasteiger charge is 2.38. The molecule has 5 rings (SSSR count). The van der Waals surface area contributed by atoms with Crippen LogP contribution in [0.4, 0.5) is 5.69 Å². The largest absolute Gasteiger partial charge is 0.392 e. The molecular formula is C33H36N4O4. The molecule has 2 aromatic carbocycles. The van der Waals surface area contributed by atoms with E-state index in [9.17, 15) is 9.90 Å². The lowest BCUT2D eigenvalue weighted by Crippen LogP contribution is -2.44. The highest BCUT2D eigenvalue weighted by atomic mass is 16.7. The number of likely N-dealkylation sites (N-methyl/N-ethyl adjacent to an activating group) is 1. The van der Waals surface area contributed by atoms with Crippen LogP contribution < -0.4 is 5.32 Å². The van der Waals surface area contributed by atoms with Crippen molar-refractivity contribution in [2.24, 2.45) is 5.92 Å². The van der Waals surface area contributed by atoms with Crippen molar-refractivity contribution < 1.29 is 19.4 Å². The number of hydrogen-bond donors (Lipinski definition) is 2. The summed E-state index contributed by atoms with van der Waals surface area (Å²) in [4.78, 5) is 23.5. The summed E-state index contributed by atoms with van der Waals surface area (Å²) in [6, 6.07) is 24.9. The first kappa shape index (κ1) is 28.6. The van der Waals surface area contributed by atoms with Crippen molar-refractivity contribution in [3.05, 3.63) is 125 Å². The van der Waals surface area contributed by atoms with Crippen molar-refractivity contribution >= 4 is 11.6 Å². The van der Waals surface area contributed by atoms with Crippen LogP contribution in [-0.4, -0.2) is 52.1 Å². The summed E-state index contributed by atoms with van der Waals surface area (Å²) in [6.07, 6.45) is 4.89. The quantitative estimate of drug-likeness (QED) is 0.280. The van der Waals surface area contributed by atoms with Gasteiger partial charge < -0.3 is 24.8 Å². The van der Waals surface area contributed by atoms with Gasteiger partial charge in [-0.3, -0.25) is 14.8 Å². The van der Waals surface area contributed by atoms with E-state index in [0.717, 1.165) is 41.9 Å². The van der Waals surface area contributed by atoms with Gasteiger partial charge in [-0.05, 0) is 54.6 Å². The summed E-state index contributed by atoms with van der Waals surface area (Å²) < 4.78 is 13.2. The molecule has 4 atom stereocenters. The van der Waals surface area contributed by atoms with Gasteiger partial charge in [-0.2, -0.15) is 0 Å². The second kappa shape index (κ2) is 13.6. The number of nitrogens with one attached hydrogen (secondary N) is 1. The van der Waals surface area contributed by atoms with E-state index >= 15 is 0 Å². The van der Waals surface area contributed by atoms with Crippen LogP contribution in [0.15, 0.2) is 97.5 Å². The molecule has 1 amide bonds. The third-order valence-electron chi connectivity index (χ3n) is 7.43. The molecule has 1 saturated heterocycles. The number of carbonyl (C=O) groups excluding carboxylic acids is 1. The van der Waals surface area contributed by atoms with Crippen molar-refractivity contribution in [3.63, 3.8) is 0 Å². The molecule has 41 heavy (non-hydrogen) atoms. The van der Waals surface area contributed by atoms with Crippen molar-refractivity contribution in [3.8, 4) is 0 Å². The molecule has 2 N–H and O–H groups in total. The molecule has 0 radical (unpaired) electrons. The average Bonchev–Trinajstić information content (AvgIpc) is 3.02. The highest BCUT2D eigenvalue weighted by Crippen LogP contribution is 2.42. The molecular weight excluding hydrogens is 516 g/mol. The summed E-state index contributed by atoms with van der Waals surface area (Å²) in [5.74, 6) is -0.166. The summed E-state index contributed by atoms with van der Waals surface area (Å²) >= 11 is 0. The van der Waals surface area contributed by atoms with Crippen LogP contribution in [0, 0.1) is 5.92 Å². The number of aliphatic hydroxyl groups excluding tert-OH is 1. The number of ether oxygens (including phenoxy) is 2. The van der Waals surface area contributed by atoms with E-state index in [0.29, 0.717) is 11.3 Å². The highest BCUT2D eigenvalue weighted by molar-refractivity contribution is 6.04. The fourth-order valence-electron chi connectivity index (χ4n) is 5.04. The first-order valence-corrected chi connectivity index (χ1v) is 13.9. The number of nitrogens with zero attached hydrogens (tertiary/aromatic N) is 3. The number of aromatic nitrogens is 2. The Balaban J connectivity index is 1.35. The topological polar surface area (TPSA) is 96.8 Å². The molecule has 1 aliphatic heterocycles. The summed E-state index contributed by atoms with van der Waals surface area (Å²) in [5, 5.41) is 12.5. The Bertz CT molecular complexity index is 1400. The van der Waals surface area contributed by atoms with Crippen LogP contribution in [0.1, 0.15) is 52.1 Å². The summed E-state index contributed by atoms with van der Waals surface area (Å²) in [5.41, 5.74) is 4.90. The monoisotopic (exact) mass is 552 g/mol. The Morgan fingerprint density at radius 1 is 0.976 bits per heavy atom. The van der Waals surface area contributed by atoms with Gasteiger partial charge in [0.25, 0.3) is 5.91 Å². The molecule has 2 aromatic heterocycles. The van der Waals surface area contributed by atoms with Gasteiger partial charge in [0.05, 0.1) is 24.4 Å². The van der Waals surface area contributed by atoms with E-state index in [1.165, 1.54) is 6.20 Å². The molecule has 0 bridgehead atoms. The van der Waals surface area contributed by atoms with E-state index in [1.807, 2.05) is 72.9 Å². The van der Waals surface area contributed by atoms with Crippen LogP contribution >= 0.6 is 0 Å². The molecule has 3 heterocycles. The Labute approximate surface area is 241 Å². The van der Waals surface area contributed by atoms with Gasteiger partial charge in [-0.25, -0.2) is 0 Å². The zero-order valence-electron chi connectivity index (χ0n) is 23.4. The molecule has 8 heteroatoms. The standard InChI is InChI=1S/C33H36N4O4/c1-23-30(21-37(2)18-15-28-9-3-4-17-35-28)40-33(41-31(23)25-13-11-24(22-38)12-14-25)26-7-5-10-29(19-26)36-32(39)27-8-6-16-34-20-27/h3-14,16-17,19-20,23,30-31,33,38H,15,18,21-22H2,1-2H3,(H,36,39)/t23-,30+,31+,33+/m0/s1. The number of hydrogen-bond acceptors (Lipinski definition) is 7.